The van der Waals surface area contributed by atoms with Crippen LogP contribution in [0.4, 0.5) is 10.1 Å². The summed E-state index contributed by atoms with van der Waals surface area (Å²) in [7, 11) is 1.42. The number of nitrogens with one attached hydrogen (secondary N) is 2. The van der Waals surface area contributed by atoms with Gasteiger partial charge in [-0.15, -0.1) is 0 Å². The number of hydrogen-bond donors (Lipinski definition) is 2. The zero-order valence-corrected chi connectivity index (χ0v) is 20.8. The molecule has 8 nitrogen and oxygen atoms in total. The Bertz CT molecular complexity index is 1270. The minimum atomic E-state index is -1.000. The summed E-state index contributed by atoms with van der Waals surface area (Å²) in [6, 6.07) is 13.9. The van der Waals surface area contributed by atoms with Gasteiger partial charge in [0.25, 0.3) is 0 Å². The Morgan fingerprint density at radius 3 is 2.50 bits per heavy atom. The molecule has 0 atom stereocenters. The van der Waals surface area contributed by atoms with Gasteiger partial charge in [-0.05, 0) is 61.0 Å². The largest absolute Gasteiger partial charge is 0.495 e. The third-order valence-electron chi connectivity index (χ3n) is 4.70. The molecule has 0 saturated heterocycles. The number of rotatable bonds is 9. The lowest BCUT2D eigenvalue weighted by Crippen LogP contribution is -2.32. The SMILES string of the molecule is CCOc1cc(/C=N/NC(=O)C(=O)Nc2cc(Cl)ccc2OC)ccc1OCc1c(F)cccc1Cl. The van der Waals surface area contributed by atoms with Crippen LogP contribution >= 0.6 is 23.2 Å². The predicted molar refractivity (Wildman–Crippen MR) is 136 cm³/mol. The standard InChI is InChI=1S/C25H22Cl2FN3O5/c1-3-35-23-11-15(7-9-22(23)36-14-17-18(27)5-4-6-19(17)28)13-29-31-25(33)24(32)30-20-12-16(26)8-10-21(20)34-2/h4-13H,3,14H2,1-2H3,(H,30,32)(H,31,33)/b29-13+. The molecule has 0 radical (unpaired) electrons. The molecule has 11 heteroatoms. The van der Waals surface area contributed by atoms with Crippen molar-refractivity contribution in [3.8, 4) is 17.2 Å². The van der Waals surface area contributed by atoms with Crippen molar-refractivity contribution in [3.63, 3.8) is 0 Å². The molecule has 0 heterocycles. The van der Waals surface area contributed by atoms with Crippen LogP contribution in [0.5, 0.6) is 17.2 Å². The van der Waals surface area contributed by atoms with E-state index in [9.17, 15) is 14.0 Å². The number of carbonyl (C=O) groups is 2. The summed E-state index contributed by atoms with van der Waals surface area (Å²) in [5.74, 6) is -1.35. The molecule has 188 valence electrons. The van der Waals surface area contributed by atoms with Gasteiger partial charge >= 0.3 is 11.8 Å². The van der Waals surface area contributed by atoms with E-state index < -0.39 is 17.6 Å². The zero-order chi connectivity index (χ0) is 26.1. The lowest BCUT2D eigenvalue weighted by Gasteiger charge is -2.13. The molecule has 2 N–H and O–H groups in total. The smallest absolute Gasteiger partial charge is 0.329 e. The Hall–Kier alpha value is -3.82. The van der Waals surface area contributed by atoms with Gasteiger partial charge in [-0.25, -0.2) is 9.82 Å². The lowest BCUT2D eigenvalue weighted by atomic mass is 10.2. The van der Waals surface area contributed by atoms with Crippen molar-refractivity contribution in [3.05, 3.63) is 81.6 Å². The van der Waals surface area contributed by atoms with E-state index in [1.807, 2.05) is 0 Å². The number of ether oxygens (including phenoxy) is 3. The summed E-state index contributed by atoms with van der Waals surface area (Å²) in [5.41, 5.74) is 3.16. The van der Waals surface area contributed by atoms with Crippen LogP contribution in [0, 0.1) is 5.82 Å². The summed E-state index contributed by atoms with van der Waals surface area (Å²) in [6.45, 7) is 2.05. The second-order valence-corrected chi connectivity index (χ2v) is 7.97. The van der Waals surface area contributed by atoms with Crippen LogP contribution in [0.15, 0.2) is 59.7 Å². The molecule has 3 rings (SSSR count). The molecule has 0 unspecified atom stereocenters. The highest BCUT2D eigenvalue weighted by Gasteiger charge is 2.16. The number of anilines is 1. The minimum absolute atomic E-state index is 0.0956. The monoisotopic (exact) mass is 533 g/mol. The minimum Gasteiger partial charge on any atom is -0.495 e. The Balaban J connectivity index is 1.64. The molecule has 0 bridgehead atoms. The predicted octanol–water partition coefficient (Wildman–Crippen LogP) is 5.21. The second-order valence-electron chi connectivity index (χ2n) is 7.13. The molecule has 0 aromatic heterocycles. The molecule has 0 aliphatic carbocycles. The topological polar surface area (TPSA) is 98.2 Å². The molecule has 0 saturated carbocycles. The average molecular weight is 534 g/mol. The van der Waals surface area contributed by atoms with E-state index in [0.717, 1.165) is 0 Å². The number of benzene rings is 3. The lowest BCUT2D eigenvalue weighted by molar-refractivity contribution is -0.136. The highest BCUT2D eigenvalue weighted by atomic mass is 35.5. The van der Waals surface area contributed by atoms with Crippen molar-refractivity contribution in [2.24, 2.45) is 5.10 Å². The molecule has 0 aliphatic heterocycles. The average Bonchev–Trinajstić information content (AvgIpc) is 2.85. The van der Waals surface area contributed by atoms with Gasteiger partial charge in [-0.1, -0.05) is 29.3 Å². The van der Waals surface area contributed by atoms with Crippen molar-refractivity contribution in [2.45, 2.75) is 13.5 Å². The van der Waals surface area contributed by atoms with E-state index in [-0.39, 0.29) is 22.9 Å². The fraction of sp³-hybridized carbons (Fsp3) is 0.160. The maximum absolute atomic E-state index is 14.0. The number of methoxy groups -OCH3 is 1. The van der Waals surface area contributed by atoms with Gasteiger partial charge in [0, 0.05) is 10.6 Å². The Kier molecular flexibility index (Phi) is 9.49. The van der Waals surface area contributed by atoms with Gasteiger partial charge in [-0.2, -0.15) is 5.10 Å². The number of carbonyl (C=O) groups excluding carboxylic acids is 2. The first-order valence-electron chi connectivity index (χ1n) is 10.6. The molecule has 3 aromatic carbocycles. The molecule has 0 aliphatic rings. The third-order valence-corrected chi connectivity index (χ3v) is 5.29. The third kappa shape index (κ3) is 7.10. The van der Waals surface area contributed by atoms with Gasteiger partial charge in [0.2, 0.25) is 0 Å². The fourth-order valence-corrected chi connectivity index (χ4v) is 3.38. The summed E-state index contributed by atoms with van der Waals surface area (Å²) >= 11 is 12.0. The van der Waals surface area contributed by atoms with Crippen LogP contribution in [-0.4, -0.2) is 31.7 Å². The fourth-order valence-electron chi connectivity index (χ4n) is 2.99. The highest BCUT2D eigenvalue weighted by molar-refractivity contribution is 6.40. The first-order valence-corrected chi connectivity index (χ1v) is 11.4. The molecule has 3 aromatic rings. The summed E-state index contributed by atoms with van der Waals surface area (Å²) in [6.07, 6.45) is 1.32. The molecular weight excluding hydrogens is 512 g/mol. The van der Waals surface area contributed by atoms with E-state index in [2.05, 4.69) is 15.8 Å². The van der Waals surface area contributed by atoms with Crippen molar-refractivity contribution in [1.29, 1.82) is 0 Å². The Labute approximate surface area is 217 Å². The van der Waals surface area contributed by atoms with Crippen molar-refractivity contribution < 1.29 is 28.2 Å². The van der Waals surface area contributed by atoms with Gasteiger partial charge in [-0.3, -0.25) is 9.59 Å². The van der Waals surface area contributed by atoms with Crippen LogP contribution in [0.2, 0.25) is 10.0 Å². The number of halogens is 3. The van der Waals surface area contributed by atoms with Gasteiger partial charge in [0.05, 0.1) is 30.6 Å². The molecule has 0 fully saturated rings. The van der Waals surface area contributed by atoms with Gasteiger partial charge < -0.3 is 19.5 Å². The second kappa shape index (κ2) is 12.8. The van der Waals surface area contributed by atoms with Crippen LogP contribution in [-0.2, 0) is 16.2 Å². The summed E-state index contributed by atoms with van der Waals surface area (Å²) < 4.78 is 30.5. The number of nitrogens with zero attached hydrogens (tertiary/aromatic N) is 1. The molecule has 2 amide bonds. The first kappa shape index (κ1) is 26.8. The van der Waals surface area contributed by atoms with E-state index in [1.165, 1.54) is 31.5 Å². The number of amides is 2. The van der Waals surface area contributed by atoms with Crippen molar-refractivity contribution in [1.82, 2.24) is 5.43 Å². The molecular formula is C25H22Cl2FN3O5. The van der Waals surface area contributed by atoms with Crippen LogP contribution in [0.3, 0.4) is 0 Å². The number of hydrazone groups is 1. The molecule has 0 spiro atoms. The van der Waals surface area contributed by atoms with Crippen molar-refractivity contribution >= 4 is 46.9 Å². The van der Waals surface area contributed by atoms with E-state index in [4.69, 9.17) is 37.4 Å². The van der Waals surface area contributed by atoms with Crippen LogP contribution in [0.25, 0.3) is 0 Å². The summed E-state index contributed by atoms with van der Waals surface area (Å²) in [4.78, 5) is 24.3. The molecule has 36 heavy (non-hydrogen) atoms. The quantitative estimate of drug-likeness (QED) is 0.223. The Morgan fingerprint density at radius 1 is 1.00 bits per heavy atom. The maximum Gasteiger partial charge on any atom is 0.329 e. The van der Waals surface area contributed by atoms with Gasteiger partial charge in [0.1, 0.15) is 18.2 Å². The maximum atomic E-state index is 14.0. The normalized spacial score (nSPS) is 10.7. The van der Waals surface area contributed by atoms with Crippen LogP contribution in [0.1, 0.15) is 18.1 Å². The Morgan fingerprint density at radius 2 is 1.78 bits per heavy atom. The van der Waals surface area contributed by atoms with E-state index in [0.29, 0.717) is 34.4 Å². The number of hydrogen-bond acceptors (Lipinski definition) is 6. The van der Waals surface area contributed by atoms with Crippen molar-refractivity contribution in [2.75, 3.05) is 19.0 Å². The van der Waals surface area contributed by atoms with Gasteiger partial charge in [0.15, 0.2) is 11.5 Å². The van der Waals surface area contributed by atoms with E-state index >= 15 is 0 Å². The van der Waals surface area contributed by atoms with Crippen LogP contribution < -0.4 is 25.0 Å². The summed E-state index contributed by atoms with van der Waals surface area (Å²) in [5, 5.41) is 6.83. The van der Waals surface area contributed by atoms with E-state index in [1.54, 1.807) is 43.3 Å². The zero-order valence-electron chi connectivity index (χ0n) is 19.3. The first-order chi connectivity index (χ1) is 17.3. The highest BCUT2D eigenvalue weighted by Crippen LogP contribution is 2.30.